The van der Waals surface area contributed by atoms with Crippen LogP contribution in [-0.2, 0) is 42.1 Å². The maximum Gasteiger partial charge on any atom is 2.00 e. The largest absolute Gasteiger partial charge is 2.00 e. The van der Waals surface area contributed by atoms with Crippen molar-refractivity contribution in [1.29, 1.82) is 0 Å². The second kappa shape index (κ2) is 22.3. The predicted octanol–water partition coefficient (Wildman–Crippen LogP) is 13.1. The molecule has 0 aliphatic carbocycles. The van der Waals surface area contributed by atoms with Crippen LogP contribution in [0.3, 0.4) is 0 Å². The Labute approximate surface area is 401 Å². The van der Waals surface area contributed by atoms with Crippen LogP contribution in [0.25, 0.3) is 88.9 Å². The minimum absolute atomic E-state index is 0. The molecule has 6 aromatic heterocycles. The summed E-state index contributed by atoms with van der Waals surface area (Å²) in [5.41, 5.74) is 11.9. The van der Waals surface area contributed by atoms with Gasteiger partial charge in [0.05, 0.1) is 0 Å². The van der Waals surface area contributed by atoms with Crippen molar-refractivity contribution in [2.75, 3.05) is 0 Å². The Balaban J connectivity index is 0.000000129. The molecular formula is C56H38N6Pt2. The summed E-state index contributed by atoms with van der Waals surface area (Å²) in [6, 6.07) is 78.7. The maximum atomic E-state index is 4.67. The minimum Gasteiger partial charge on any atom is -0.435 e. The van der Waals surface area contributed by atoms with Crippen molar-refractivity contribution >= 4 is 43.9 Å². The van der Waals surface area contributed by atoms with Crippen molar-refractivity contribution in [2.24, 2.45) is 0 Å². The molecule has 0 saturated heterocycles. The molecule has 0 saturated carbocycles. The van der Waals surface area contributed by atoms with E-state index in [1.807, 2.05) is 158 Å². The van der Waals surface area contributed by atoms with E-state index >= 15 is 0 Å². The molecule has 6 nitrogen and oxygen atoms in total. The molecule has 6 aromatic carbocycles. The topological polar surface area (TPSA) is 79.8 Å². The molecule has 0 unspecified atom stereocenters. The van der Waals surface area contributed by atoms with Gasteiger partial charge in [0.2, 0.25) is 0 Å². The SMILES string of the molecule is [Pt+2].[Pt+2].[c-]1ccccc1-c1ccccn1.[c-]1ccccc1-c1ccccn1.c1ccc(-c2ccc3c(n2)[n-]c2ccccc23)cc1.c1ccc(-c2ccc3c(n2)[n-]c2ccccc23)cc1. The molecule has 0 fully saturated rings. The Bertz CT molecular complexity index is 2970. The molecule has 0 bridgehead atoms. The molecule has 0 N–H and O–H groups in total. The summed E-state index contributed by atoms with van der Waals surface area (Å²) in [7, 11) is 0. The summed E-state index contributed by atoms with van der Waals surface area (Å²) in [6.07, 6.45) is 3.58. The third kappa shape index (κ3) is 10.9. The average Bonchev–Trinajstić information content (AvgIpc) is 3.94. The average molecular weight is 1190 g/mol. The van der Waals surface area contributed by atoms with E-state index in [2.05, 4.69) is 103 Å². The van der Waals surface area contributed by atoms with E-state index in [0.29, 0.717) is 0 Å². The molecule has 6 heterocycles. The van der Waals surface area contributed by atoms with Gasteiger partial charge < -0.3 is 29.9 Å². The van der Waals surface area contributed by atoms with Gasteiger partial charge in [-0.25, -0.2) is 0 Å². The number of benzene rings is 6. The summed E-state index contributed by atoms with van der Waals surface area (Å²) in [6.45, 7) is 0. The summed E-state index contributed by atoms with van der Waals surface area (Å²) in [5.74, 6) is 0. The fourth-order valence-corrected chi connectivity index (χ4v) is 7.00. The van der Waals surface area contributed by atoms with Crippen LogP contribution in [0.1, 0.15) is 0 Å². The number of hydrogen-bond donors (Lipinski definition) is 0. The Morgan fingerprint density at radius 1 is 0.312 bits per heavy atom. The van der Waals surface area contributed by atoms with Crippen LogP contribution in [0.15, 0.2) is 231 Å². The molecular weight excluding hydrogens is 1150 g/mol. The van der Waals surface area contributed by atoms with Crippen LogP contribution < -0.4 is 9.97 Å². The summed E-state index contributed by atoms with van der Waals surface area (Å²) in [5, 5.41) is 4.58. The summed E-state index contributed by atoms with van der Waals surface area (Å²) >= 11 is 0. The zero-order chi connectivity index (χ0) is 41.8. The van der Waals surface area contributed by atoms with Crippen LogP contribution in [-0.4, -0.2) is 19.9 Å². The van der Waals surface area contributed by atoms with E-state index in [-0.39, 0.29) is 42.1 Å². The van der Waals surface area contributed by atoms with Crippen molar-refractivity contribution in [3.8, 4) is 45.0 Å². The van der Waals surface area contributed by atoms with Gasteiger partial charge in [0.25, 0.3) is 0 Å². The standard InChI is InChI=1S/2C17H11N2.2C11H8N.2Pt/c2*1-2-6-12(7-3-1)15-11-10-14-13-8-4-5-9-16(13)19-17(14)18-15;2*1-2-6-10(7-3-1)11-8-4-5-9-12-11;;/h2*1-11H;2*1-6,8-9H;;/q4*-1;2*+2. The molecule has 0 aliphatic heterocycles. The van der Waals surface area contributed by atoms with Gasteiger partial charge in [0.1, 0.15) is 0 Å². The second-order valence-electron chi connectivity index (χ2n) is 14.1. The smallest absolute Gasteiger partial charge is 0.435 e. The first-order valence-electron chi connectivity index (χ1n) is 20.3. The van der Waals surface area contributed by atoms with E-state index in [0.717, 1.165) is 78.1 Å². The third-order valence-electron chi connectivity index (χ3n) is 10.0. The van der Waals surface area contributed by atoms with E-state index in [4.69, 9.17) is 0 Å². The maximum absolute atomic E-state index is 4.67. The number of hydrogen-bond acceptors (Lipinski definition) is 4. The van der Waals surface area contributed by atoms with Gasteiger partial charge in [-0.2, -0.15) is 0 Å². The van der Waals surface area contributed by atoms with E-state index in [1.165, 1.54) is 10.8 Å². The second-order valence-corrected chi connectivity index (χ2v) is 14.1. The quantitative estimate of drug-likeness (QED) is 0.163. The van der Waals surface area contributed by atoms with Crippen LogP contribution in [0.2, 0.25) is 0 Å². The molecule has 312 valence electrons. The number of nitrogens with zero attached hydrogens (tertiary/aromatic N) is 6. The number of para-hydroxylation sites is 2. The number of pyridine rings is 4. The number of rotatable bonds is 4. The molecule has 64 heavy (non-hydrogen) atoms. The van der Waals surface area contributed by atoms with Gasteiger partial charge in [0, 0.05) is 12.4 Å². The Morgan fingerprint density at radius 2 is 0.703 bits per heavy atom. The first-order valence-corrected chi connectivity index (χ1v) is 20.3. The van der Waals surface area contributed by atoms with Crippen LogP contribution in [0.4, 0.5) is 0 Å². The van der Waals surface area contributed by atoms with Crippen LogP contribution >= 0.6 is 0 Å². The Morgan fingerprint density at radius 3 is 1.09 bits per heavy atom. The normalized spacial score (nSPS) is 10.2. The Hall–Kier alpha value is -7.10. The fourth-order valence-electron chi connectivity index (χ4n) is 7.00. The molecule has 0 radical (unpaired) electrons. The van der Waals surface area contributed by atoms with Gasteiger partial charge in [-0.3, -0.25) is 0 Å². The number of aromatic nitrogens is 6. The zero-order valence-corrected chi connectivity index (χ0v) is 38.8. The summed E-state index contributed by atoms with van der Waals surface area (Å²) in [4.78, 5) is 27.0. The van der Waals surface area contributed by atoms with Crippen molar-refractivity contribution in [1.82, 2.24) is 29.9 Å². The van der Waals surface area contributed by atoms with Crippen molar-refractivity contribution in [3.63, 3.8) is 0 Å². The molecule has 12 rings (SSSR count). The molecule has 8 heteroatoms. The van der Waals surface area contributed by atoms with Gasteiger partial charge in [-0.15, -0.1) is 71.8 Å². The van der Waals surface area contributed by atoms with Crippen LogP contribution in [0, 0.1) is 12.1 Å². The van der Waals surface area contributed by atoms with Crippen molar-refractivity contribution in [3.05, 3.63) is 243 Å². The first kappa shape index (κ1) is 44.9. The molecule has 0 spiro atoms. The Kier molecular flexibility index (Phi) is 15.7. The molecule has 0 aliphatic rings. The van der Waals surface area contributed by atoms with Crippen molar-refractivity contribution < 1.29 is 42.1 Å². The number of fused-ring (bicyclic) bond motifs is 6. The fraction of sp³-hybridized carbons (Fsp3) is 0. The predicted molar refractivity (Wildman–Crippen MR) is 253 cm³/mol. The van der Waals surface area contributed by atoms with Gasteiger partial charge in [0.15, 0.2) is 0 Å². The van der Waals surface area contributed by atoms with Crippen LogP contribution in [0.5, 0.6) is 0 Å². The van der Waals surface area contributed by atoms with E-state index in [9.17, 15) is 0 Å². The van der Waals surface area contributed by atoms with E-state index in [1.54, 1.807) is 12.4 Å². The monoisotopic (exact) mass is 1180 g/mol. The summed E-state index contributed by atoms with van der Waals surface area (Å²) < 4.78 is 0. The minimum atomic E-state index is 0. The van der Waals surface area contributed by atoms with Gasteiger partial charge in [-0.1, -0.05) is 169 Å². The van der Waals surface area contributed by atoms with Gasteiger partial charge in [-0.05, 0) is 78.6 Å². The first-order chi connectivity index (χ1) is 30.8. The van der Waals surface area contributed by atoms with Gasteiger partial charge >= 0.3 is 42.1 Å². The molecule has 0 atom stereocenters. The van der Waals surface area contributed by atoms with E-state index < -0.39 is 0 Å². The molecule has 12 aromatic rings. The van der Waals surface area contributed by atoms with Crippen molar-refractivity contribution in [2.45, 2.75) is 0 Å². The zero-order valence-electron chi connectivity index (χ0n) is 34.3. The molecule has 0 amide bonds. The third-order valence-corrected chi connectivity index (χ3v) is 10.0.